The lowest BCUT2D eigenvalue weighted by Gasteiger charge is -2.16. The van der Waals surface area contributed by atoms with Gasteiger partial charge in [-0.05, 0) is 18.7 Å². The van der Waals surface area contributed by atoms with Crippen LogP contribution < -0.4 is 11.3 Å². The van der Waals surface area contributed by atoms with Gasteiger partial charge in [-0.2, -0.15) is 11.8 Å². The summed E-state index contributed by atoms with van der Waals surface area (Å²) in [4.78, 5) is 0. The van der Waals surface area contributed by atoms with Gasteiger partial charge in [0.05, 0.1) is 6.04 Å². The van der Waals surface area contributed by atoms with Gasteiger partial charge in [0.15, 0.2) is 11.6 Å². The number of benzene rings is 1. The maximum absolute atomic E-state index is 13.5. The van der Waals surface area contributed by atoms with Crippen LogP contribution in [-0.2, 0) is 0 Å². The highest BCUT2D eigenvalue weighted by atomic mass is 32.2. The number of thioether (sulfide) groups is 1. The number of hydrogen-bond acceptors (Lipinski definition) is 3. The van der Waals surface area contributed by atoms with Gasteiger partial charge in [0.25, 0.3) is 0 Å². The second kappa shape index (κ2) is 5.44. The third-order valence-corrected chi connectivity index (χ3v) is 2.88. The van der Waals surface area contributed by atoms with Crippen molar-refractivity contribution >= 4 is 11.8 Å². The molecule has 1 unspecified atom stereocenters. The van der Waals surface area contributed by atoms with Crippen molar-refractivity contribution < 1.29 is 8.78 Å². The van der Waals surface area contributed by atoms with Crippen LogP contribution in [0.4, 0.5) is 8.78 Å². The van der Waals surface area contributed by atoms with Gasteiger partial charge >= 0.3 is 0 Å². The normalized spacial score (nSPS) is 12.9. The average Bonchev–Trinajstić information content (AvgIpc) is 2.24. The Morgan fingerprint density at radius 2 is 2.07 bits per heavy atom. The molecule has 0 heterocycles. The SMILES string of the molecule is CSCC(NN)c1ccc(C)c(F)c1F. The van der Waals surface area contributed by atoms with E-state index in [2.05, 4.69) is 5.43 Å². The molecule has 0 aliphatic heterocycles. The van der Waals surface area contributed by atoms with Crippen molar-refractivity contribution in [3.05, 3.63) is 34.9 Å². The van der Waals surface area contributed by atoms with Gasteiger partial charge in [0.2, 0.25) is 0 Å². The molecule has 1 atom stereocenters. The quantitative estimate of drug-likeness (QED) is 0.617. The topological polar surface area (TPSA) is 38.0 Å². The summed E-state index contributed by atoms with van der Waals surface area (Å²) in [5, 5.41) is 0. The molecule has 0 aromatic heterocycles. The van der Waals surface area contributed by atoms with Gasteiger partial charge in [-0.25, -0.2) is 8.78 Å². The Bertz CT molecular complexity index is 344. The highest BCUT2D eigenvalue weighted by molar-refractivity contribution is 7.98. The molecule has 0 bridgehead atoms. The Morgan fingerprint density at radius 1 is 1.40 bits per heavy atom. The molecule has 5 heteroatoms. The van der Waals surface area contributed by atoms with Gasteiger partial charge in [0, 0.05) is 11.3 Å². The van der Waals surface area contributed by atoms with Crippen LogP contribution in [-0.4, -0.2) is 12.0 Å². The first-order chi connectivity index (χ1) is 7.11. The third-order valence-electron chi connectivity index (χ3n) is 2.22. The van der Waals surface area contributed by atoms with Crippen molar-refractivity contribution in [1.29, 1.82) is 0 Å². The van der Waals surface area contributed by atoms with Crippen molar-refractivity contribution in [2.45, 2.75) is 13.0 Å². The van der Waals surface area contributed by atoms with E-state index in [1.165, 1.54) is 18.7 Å². The fourth-order valence-electron chi connectivity index (χ4n) is 1.32. The first-order valence-electron chi connectivity index (χ1n) is 4.51. The number of nitrogens with one attached hydrogen (secondary N) is 1. The Hall–Kier alpha value is -0.650. The van der Waals surface area contributed by atoms with E-state index in [0.29, 0.717) is 11.3 Å². The highest BCUT2D eigenvalue weighted by Gasteiger charge is 2.17. The molecule has 1 aromatic rings. The van der Waals surface area contributed by atoms with Gasteiger partial charge in [-0.3, -0.25) is 11.3 Å². The maximum Gasteiger partial charge on any atom is 0.163 e. The second-order valence-corrected chi connectivity index (χ2v) is 4.18. The van der Waals surface area contributed by atoms with Crippen LogP contribution in [0.2, 0.25) is 0 Å². The summed E-state index contributed by atoms with van der Waals surface area (Å²) in [6.07, 6.45) is 1.88. The van der Waals surface area contributed by atoms with Crippen molar-refractivity contribution in [3.8, 4) is 0 Å². The molecule has 2 nitrogen and oxygen atoms in total. The number of hydrogen-bond donors (Lipinski definition) is 2. The van der Waals surface area contributed by atoms with Crippen LogP contribution in [0, 0.1) is 18.6 Å². The number of nitrogens with two attached hydrogens (primary N) is 1. The summed E-state index contributed by atoms with van der Waals surface area (Å²) in [5.74, 6) is 4.28. The van der Waals surface area contributed by atoms with Crippen molar-refractivity contribution in [3.63, 3.8) is 0 Å². The molecule has 0 radical (unpaired) electrons. The Labute approximate surface area is 92.2 Å². The molecule has 1 rings (SSSR count). The maximum atomic E-state index is 13.5. The lowest BCUT2D eigenvalue weighted by molar-refractivity contribution is 0.474. The molecule has 0 saturated carbocycles. The van der Waals surface area contributed by atoms with E-state index in [1.807, 2.05) is 6.26 Å². The van der Waals surface area contributed by atoms with Crippen LogP contribution in [0.25, 0.3) is 0 Å². The minimum atomic E-state index is -0.813. The fourth-order valence-corrected chi connectivity index (χ4v) is 1.93. The largest absolute Gasteiger partial charge is 0.271 e. The van der Waals surface area contributed by atoms with E-state index in [4.69, 9.17) is 5.84 Å². The summed E-state index contributed by atoms with van der Waals surface area (Å²) < 4.78 is 26.8. The van der Waals surface area contributed by atoms with Crippen LogP contribution in [0.5, 0.6) is 0 Å². The molecule has 0 saturated heterocycles. The number of rotatable bonds is 4. The Balaban J connectivity index is 3.07. The zero-order valence-corrected chi connectivity index (χ0v) is 9.50. The third kappa shape index (κ3) is 2.68. The molecular formula is C10H14F2N2S. The zero-order chi connectivity index (χ0) is 11.4. The first kappa shape index (κ1) is 12.4. The van der Waals surface area contributed by atoms with Gasteiger partial charge in [-0.1, -0.05) is 12.1 Å². The van der Waals surface area contributed by atoms with E-state index < -0.39 is 11.6 Å². The molecule has 3 N–H and O–H groups in total. The average molecular weight is 232 g/mol. The Morgan fingerprint density at radius 3 is 2.60 bits per heavy atom. The van der Waals surface area contributed by atoms with Crippen LogP contribution in [0.1, 0.15) is 17.2 Å². The molecule has 0 aliphatic carbocycles. The van der Waals surface area contributed by atoms with E-state index in [1.54, 1.807) is 12.1 Å². The van der Waals surface area contributed by atoms with Crippen LogP contribution >= 0.6 is 11.8 Å². The van der Waals surface area contributed by atoms with E-state index in [-0.39, 0.29) is 11.6 Å². The van der Waals surface area contributed by atoms with E-state index in [9.17, 15) is 8.78 Å². The molecule has 1 aromatic carbocycles. The number of halogens is 2. The summed E-state index contributed by atoms with van der Waals surface area (Å²) in [7, 11) is 0. The molecule has 0 fully saturated rings. The first-order valence-corrected chi connectivity index (χ1v) is 5.90. The van der Waals surface area contributed by atoms with Gasteiger partial charge < -0.3 is 0 Å². The smallest absolute Gasteiger partial charge is 0.163 e. The van der Waals surface area contributed by atoms with E-state index >= 15 is 0 Å². The lowest BCUT2D eigenvalue weighted by Crippen LogP contribution is -2.30. The van der Waals surface area contributed by atoms with Crippen molar-refractivity contribution in [2.24, 2.45) is 5.84 Å². The molecule has 84 valence electrons. The predicted molar refractivity (Wildman–Crippen MR) is 59.5 cm³/mol. The summed E-state index contributed by atoms with van der Waals surface area (Å²) in [6, 6.07) is 2.75. The van der Waals surface area contributed by atoms with Gasteiger partial charge in [-0.15, -0.1) is 0 Å². The van der Waals surface area contributed by atoms with Crippen LogP contribution in [0.15, 0.2) is 12.1 Å². The molecule has 0 amide bonds. The molecular weight excluding hydrogens is 218 g/mol. The zero-order valence-electron chi connectivity index (χ0n) is 8.68. The summed E-state index contributed by atoms with van der Waals surface area (Å²) in [5.41, 5.74) is 3.05. The van der Waals surface area contributed by atoms with Crippen LogP contribution in [0.3, 0.4) is 0 Å². The minimum Gasteiger partial charge on any atom is -0.271 e. The minimum absolute atomic E-state index is 0.273. The molecule has 0 aliphatic rings. The number of aryl methyl sites for hydroxylation is 1. The van der Waals surface area contributed by atoms with Crippen molar-refractivity contribution in [1.82, 2.24) is 5.43 Å². The predicted octanol–water partition coefficient (Wildman–Crippen LogP) is 2.14. The van der Waals surface area contributed by atoms with E-state index in [0.717, 1.165) is 0 Å². The second-order valence-electron chi connectivity index (χ2n) is 3.27. The molecule has 0 spiro atoms. The molecule has 15 heavy (non-hydrogen) atoms. The Kier molecular flexibility index (Phi) is 4.50. The lowest BCUT2D eigenvalue weighted by atomic mass is 10.1. The monoisotopic (exact) mass is 232 g/mol. The van der Waals surface area contributed by atoms with Crippen molar-refractivity contribution in [2.75, 3.05) is 12.0 Å². The van der Waals surface area contributed by atoms with Gasteiger partial charge in [0.1, 0.15) is 0 Å². The number of hydrazine groups is 1. The summed E-state index contributed by atoms with van der Waals surface area (Å²) in [6.45, 7) is 1.53. The summed E-state index contributed by atoms with van der Waals surface area (Å²) >= 11 is 1.52. The standard InChI is InChI=1S/C10H14F2N2S/c1-6-3-4-7(10(12)9(6)11)8(14-13)5-15-2/h3-4,8,14H,5,13H2,1-2H3. The fraction of sp³-hybridized carbons (Fsp3) is 0.400. The highest BCUT2D eigenvalue weighted by Crippen LogP contribution is 2.23.